The van der Waals surface area contributed by atoms with Crippen LogP contribution in [0.2, 0.25) is 5.02 Å². The van der Waals surface area contributed by atoms with Gasteiger partial charge in [0.25, 0.3) is 0 Å². The molecule has 1 fully saturated rings. The highest BCUT2D eigenvalue weighted by molar-refractivity contribution is 7.99. The van der Waals surface area contributed by atoms with E-state index in [-0.39, 0.29) is 11.8 Å². The minimum atomic E-state index is -1.07. The van der Waals surface area contributed by atoms with Crippen LogP contribution in [-0.2, 0) is 20.1 Å². The number of ether oxygens (including phenoxy) is 1. The van der Waals surface area contributed by atoms with Crippen LogP contribution in [0.25, 0.3) is 0 Å². The van der Waals surface area contributed by atoms with E-state index in [0.29, 0.717) is 46.4 Å². The molecule has 0 bridgehead atoms. The Balaban J connectivity index is 1.83. The van der Waals surface area contributed by atoms with Gasteiger partial charge in [0.1, 0.15) is 11.8 Å². The molecule has 1 N–H and O–H groups in total. The van der Waals surface area contributed by atoms with Crippen molar-refractivity contribution < 1.29 is 28.3 Å². The molecule has 8 nitrogen and oxygen atoms in total. The lowest BCUT2D eigenvalue weighted by Crippen LogP contribution is -2.43. The smallest absolute Gasteiger partial charge is 0.478 e. The lowest BCUT2D eigenvalue weighted by molar-refractivity contribution is -0.147. The number of hydrogen-bond acceptors (Lipinski definition) is 8. The fourth-order valence-electron chi connectivity index (χ4n) is 3.56. The molecule has 0 unspecified atom stereocenters. The molecule has 2 aromatic rings. The molecule has 166 valence electrons. The molecule has 0 radical (unpaired) electrons. The Kier molecular flexibility index (Phi) is 7.64. The third kappa shape index (κ3) is 5.61. The quantitative estimate of drug-likeness (QED) is 0.483. The Morgan fingerprint density at radius 1 is 1.39 bits per heavy atom. The molecule has 3 rings (SSSR count). The van der Waals surface area contributed by atoms with Gasteiger partial charge in [-0.15, -0.1) is 11.8 Å². The molecule has 1 aliphatic heterocycles. The molecule has 0 amide bonds. The van der Waals surface area contributed by atoms with Gasteiger partial charge in [0.2, 0.25) is 0 Å². The number of likely N-dealkylation sites (tertiary alicyclic amines) is 1. The second-order valence-corrected chi connectivity index (χ2v) is 8.60. The standard InChI is InChI=1S/C21H22ClNO7S/c1-12-16(30-21(27)29-12)11-31-17-7-8-23(10-13(17)9-18(24)25)19(20(26)28-2)14-5-3-4-6-15(14)22/h3-6,9,17,19H,7-8,10-11H2,1-2H3,(H,24,25)/b13-9-/t17-,19+/m1/s1. The van der Waals surface area contributed by atoms with Crippen molar-refractivity contribution >= 4 is 35.3 Å². The summed E-state index contributed by atoms with van der Waals surface area (Å²) in [5.41, 5.74) is 1.25. The molecular weight excluding hydrogens is 446 g/mol. The first-order valence-corrected chi connectivity index (χ1v) is 10.9. The van der Waals surface area contributed by atoms with E-state index in [4.69, 9.17) is 25.2 Å². The minimum absolute atomic E-state index is 0.128. The molecule has 1 aromatic heterocycles. The largest absolute Gasteiger partial charge is 0.519 e. The van der Waals surface area contributed by atoms with Gasteiger partial charge in [0, 0.05) is 29.4 Å². The molecule has 2 atom stereocenters. The van der Waals surface area contributed by atoms with Gasteiger partial charge >= 0.3 is 17.8 Å². The van der Waals surface area contributed by atoms with Crippen molar-refractivity contribution in [3.63, 3.8) is 0 Å². The highest BCUT2D eigenvalue weighted by atomic mass is 35.5. The predicted molar refractivity (Wildman–Crippen MR) is 115 cm³/mol. The zero-order valence-corrected chi connectivity index (χ0v) is 18.6. The number of carbonyl (C=O) groups excluding carboxylic acids is 1. The monoisotopic (exact) mass is 467 g/mol. The lowest BCUT2D eigenvalue weighted by atomic mass is 9.98. The van der Waals surface area contributed by atoms with E-state index in [2.05, 4.69) is 0 Å². The van der Waals surface area contributed by atoms with Gasteiger partial charge in [-0.2, -0.15) is 0 Å². The van der Waals surface area contributed by atoms with Gasteiger partial charge in [0.15, 0.2) is 5.76 Å². The van der Waals surface area contributed by atoms with E-state index in [1.165, 1.54) is 24.9 Å². The Bertz CT molecular complexity index is 1040. The fourth-order valence-corrected chi connectivity index (χ4v) is 5.04. The number of carboxylic acid groups (broad SMARTS) is 1. The summed E-state index contributed by atoms with van der Waals surface area (Å²) >= 11 is 7.79. The van der Waals surface area contributed by atoms with Crippen molar-refractivity contribution in [2.45, 2.75) is 30.4 Å². The van der Waals surface area contributed by atoms with Crippen molar-refractivity contribution in [2.24, 2.45) is 0 Å². The van der Waals surface area contributed by atoms with E-state index in [9.17, 15) is 19.5 Å². The third-order valence-corrected chi connectivity index (χ3v) is 6.74. The maximum absolute atomic E-state index is 12.6. The summed E-state index contributed by atoms with van der Waals surface area (Å²) < 4.78 is 14.9. The highest BCUT2D eigenvalue weighted by Gasteiger charge is 2.35. The number of nitrogens with zero attached hydrogens (tertiary/aromatic N) is 1. The normalized spacial score (nSPS) is 19.3. The summed E-state index contributed by atoms with van der Waals surface area (Å²) in [5.74, 6) is -1.10. The van der Waals surface area contributed by atoms with E-state index in [1.807, 2.05) is 4.90 Å². The number of piperidine rings is 1. The van der Waals surface area contributed by atoms with E-state index >= 15 is 0 Å². The molecule has 1 saturated heterocycles. The average molecular weight is 468 g/mol. The SMILES string of the molecule is COC(=O)[C@H](c1ccccc1Cl)N1CC[C@@H](SCc2oc(=O)oc2C)/C(=C\C(=O)O)C1. The van der Waals surface area contributed by atoms with Crippen LogP contribution in [0.4, 0.5) is 0 Å². The maximum Gasteiger partial charge on any atom is 0.519 e. The summed E-state index contributed by atoms with van der Waals surface area (Å²) in [6, 6.07) is 6.26. The summed E-state index contributed by atoms with van der Waals surface area (Å²) in [4.78, 5) is 37.2. The number of carbonyl (C=O) groups is 2. The Morgan fingerprint density at radius 3 is 2.74 bits per heavy atom. The first-order valence-electron chi connectivity index (χ1n) is 9.50. The summed E-state index contributed by atoms with van der Waals surface area (Å²) in [6.45, 7) is 2.42. The van der Waals surface area contributed by atoms with Crippen LogP contribution >= 0.6 is 23.4 Å². The van der Waals surface area contributed by atoms with Crippen LogP contribution in [0.5, 0.6) is 0 Å². The van der Waals surface area contributed by atoms with E-state index in [0.717, 1.165) is 0 Å². The fraction of sp³-hybridized carbons (Fsp3) is 0.381. The van der Waals surface area contributed by atoms with E-state index in [1.54, 1.807) is 31.2 Å². The number of esters is 1. The number of methoxy groups -OCH3 is 1. The summed E-state index contributed by atoms with van der Waals surface area (Å²) in [6.07, 6.45) is 1.76. The number of thioether (sulfide) groups is 1. The molecular formula is C21H22ClNO7S. The number of hydrogen-bond donors (Lipinski definition) is 1. The Morgan fingerprint density at radius 2 is 2.13 bits per heavy atom. The summed E-state index contributed by atoms with van der Waals surface area (Å²) in [5, 5.41) is 9.67. The van der Waals surface area contributed by atoms with E-state index < -0.39 is 23.8 Å². The van der Waals surface area contributed by atoms with Gasteiger partial charge in [-0.1, -0.05) is 29.8 Å². The molecule has 31 heavy (non-hydrogen) atoms. The molecule has 10 heteroatoms. The van der Waals surface area contributed by atoms with Crippen molar-refractivity contribution in [1.29, 1.82) is 0 Å². The molecule has 2 heterocycles. The highest BCUT2D eigenvalue weighted by Crippen LogP contribution is 2.36. The predicted octanol–water partition coefficient (Wildman–Crippen LogP) is 3.43. The number of halogens is 1. The molecule has 1 aromatic carbocycles. The van der Waals surface area contributed by atoms with Gasteiger partial charge in [-0.25, -0.2) is 14.4 Å². The summed E-state index contributed by atoms with van der Waals surface area (Å²) in [7, 11) is 1.31. The van der Waals surface area contributed by atoms with Crippen LogP contribution in [0.1, 0.15) is 29.5 Å². The number of benzene rings is 1. The van der Waals surface area contributed by atoms with Crippen LogP contribution in [0.15, 0.2) is 49.5 Å². The van der Waals surface area contributed by atoms with Crippen LogP contribution in [0, 0.1) is 6.92 Å². The van der Waals surface area contributed by atoms with Gasteiger partial charge in [-0.3, -0.25) is 4.90 Å². The number of carboxylic acids is 1. The molecule has 1 aliphatic rings. The van der Waals surface area contributed by atoms with Gasteiger partial charge < -0.3 is 18.7 Å². The van der Waals surface area contributed by atoms with Crippen molar-refractivity contribution in [1.82, 2.24) is 4.90 Å². The van der Waals surface area contributed by atoms with Crippen LogP contribution < -0.4 is 5.82 Å². The van der Waals surface area contributed by atoms with Crippen molar-refractivity contribution in [3.05, 3.63) is 68.6 Å². The topological polar surface area (TPSA) is 110 Å². The Hall–Kier alpha value is -2.49. The first-order chi connectivity index (χ1) is 14.8. The third-order valence-electron chi connectivity index (χ3n) is 5.03. The van der Waals surface area contributed by atoms with Gasteiger partial charge in [0.05, 0.1) is 12.9 Å². The maximum atomic E-state index is 12.6. The Labute approximate surface area is 187 Å². The van der Waals surface area contributed by atoms with Crippen LogP contribution in [0.3, 0.4) is 0 Å². The molecule has 0 spiro atoms. The zero-order valence-electron chi connectivity index (χ0n) is 17.0. The van der Waals surface area contributed by atoms with Crippen LogP contribution in [-0.4, -0.2) is 47.4 Å². The second kappa shape index (κ2) is 10.2. The lowest BCUT2D eigenvalue weighted by Gasteiger charge is -2.38. The zero-order chi connectivity index (χ0) is 22.5. The number of aryl methyl sites for hydroxylation is 1. The first kappa shape index (κ1) is 23.2. The van der Waals surface area contributed by atoms with Gasteiger partial charge in [-0.05, 0) is 30.5 Å². The average Bonchev–Trinajstić information content (AvgIpc) is 3.05. The van der Waals surface area contributed by atoms with Crippen molar-refractivity contribution in [2.75, 3.05) is 20.2 Å². The molecule has 0 aliphatic carbocycles. The number of aliphatic carboxylic acids is 1. The van der Waals surface area contributed by atoms with Crippen molar-refractivity contribution in [3.8, 4) is 0 Å². The molecule has 0 saturated carbocycles. The second-order valence-electron chi connectivity index (χ2n) is 7.00. The minimum Gasteiger partial charge on any atom is -0.478 e. The number of rotatable bonds is 7.